The van der Waals surface area contributed by atoms with Gasteiger partial charge in [-0.2, -0.15) is 83.4 Å². The first kappa shape index (κ1) is 49.0. The molecule has 332 valence electrons. The van der Waals surface area contributed by atoms with Gasteiger partial charge in [0.2, 0.25) is 0 Å². The van der Waals surface area contributed by atoms with Crippen molar-refractivity contribution in [2.45, 2.75) is 156 Å². The van der Waals surface area contributed by atoms with Gasteiger partial charge in [0.25, 0.3) is 0 Å². The number of hydrogen-bond donors (Lipinski definition) is 0. The maximum Gasteiger partial charge on any atom is 0.460 e. The monoisotopic (exact) mass is 880 g/mol. The Hall–Kier alpha value is -2.39. The Labute approximate surface area is 309 Å². The Morgan fingerprint density at radius 3 is 1.14 bits per heavy atom. The van der Waals surface area contributed by atoms with Gasteiger partial charge in [-0.05, 0) is 62.2 Å². The molecule has 0 amide bonds. The summed E-state index contributed by atoms with van der Waals surface area (Å²) in [6, 6.07) is 0. The lowest BCUT2D eigenvalue weighted by molar-refractivity contribution is -0.469. The van der Waals surface area contributed by atoms with E-state index in [0.717, 1.165) is 64.2 Å². The summed E-state index contributed by atoms with van der Waals surface area (Å²) in [5.41, 5.74) is -5.95. The molecule has 0 N–H and O–H groups in total. The van der Waals surface area contributed by atoms with Crippen molar-refractivity contribution in [3.63, 3.8) is 0 Å². The number of alkyl halides is 19. The second kappa shape index (κ2) is 16.2. The minimum Gasteiger partial charge on any atom is -0.203 e. The molecule has 0 spiro atoms. The number of halogens is 23. The van der Waals surface area contributed by atoms with Crippen LogP contribution in [-0.2, 0) is 5.92 Å². The zero-order valence-corrected chi connectivity index (χ0v) is 29.4. The highest BCUT2D eigenvalue weighted by Gasteiger charge is 2.97. The van der Waals surface area contributed by atoms with Crippen LogP contribution < -0.4 is 0 Å². The van der Waals surface area contributed by atoms with Gasteiger partial charge in [0, 0.05) is 5.56 Å². The lowest BCUT2D eigenvalue weighted by Crippen LogP contribution is -2.75. The predicted molar refractivity (Wildman–Crippen MR) is 154 cm³/mol. The van der Waals surface area contributed by atoms with Gasteiger partial charge >= 0.3 is 53.6 Å². The molecule has 57 heavy (non-hydrogen) atoms. The van der Waals surface area contributed by atoms with Crippen LogP contribution in [0.1, 0.15) is 114 Å². The predicted octanol–water partition coefficient (Wildman–Crippen LogP) is 14.8. The zero-order valence-electron chi connectivity index (χ0n) is 29.4. The lowest BCUT2D eigenvalue weighted by Gasteiger charge is -2.43. The van der Waals surface area contributed by atoms with Gasteiger partial charge in [-0.15, -0.1) is 0 Å². The largest absolute Gasteiger partial charge is 0.460 e. The van der Waals surface area contributed by atoms with Crippen molar-refractivity contribution in [1.82, 2.24) is 0 Å². The molecule has 2 aliphatic carbocycles. The average Bonchev–Trinajstić information content (AvgIpc) is 3.10. The molecule has 0 bridgehead atoms. The molecule has 0 nitrogen and oxygen atoms in total. The second-order valence-electron chi connectivity index (χ2n) is 14.7. The van der Waals surface area contributed by atoms with Crippen molar-refractivity contribution in [2.75, 3.05) is 0 Å². The molecular formula is C34H35F23. The van der Waals surface area contributed by atoms with Crippen LogP contribution in [0.2, 0.25) is 0 Å². The number of hydrogen-bond acceptors (Lipinski definition) is 0. The molecule has 0 aromatic heterocycles. The van der Waals surface area contributed by atoms with E-state index in [0.29, 0.717) is 5.92 Å². The topological polar surface area (TPSA) is 0 Å². The van der Waals surface area contributed by atoms with Crippen LogP contribution in [0.15, 0.2) is 0 Å². The minimum atomic E-state index is -9.27. The summed E-state index contributed by atoms with van der Waals surface area (Å²) in [6.45, 7) is 2.08. The van der Waals surface area contributed by atoms with E-state index in [1.165, 1.54) is 0 Å². The molecule has 1 aromatic carbocycles. The van der Waals surface area contributed by atoms with Crippen molar-refractivity contribution < 1.29 is 101 Å². The quantitative estimate of drug-likeness (QED) is 0.0882. The summed E-state index contributed by atoms with van der Waals surface area (Å²) in [7, 11) is 0. The van der Waals surface area contributed by atoms with Crippen LogP contribution in [0.5, 0.6) is 0 Å². The van der Waals surface area contributed by atoms with Gasteiger partial charge in [-0.1, -0.05) is 58.3 Å². The normalized spacial score (nSPS) is 22.9. The highest BCUT2D eigenvalue weighted by atomic mass is 19.4. The summed E-state index contributed by atoms with van der Waals surface area (Å²) < 4.78 is 321. The first-order valence-corrected chi connectivity index (χ1v) is 17.6. The zero-order chi connectivity index (χ0) is 44.2. The van der Waals surface area contributed by atoms with Crippen LogP contribution in [0.25, 0.3) is 0 Å². The third-order valence-electron chi connectivity index (χ3n) is 11.2. The molecule has 0 unspecified atom stereocenters. The highest BCUT2D eigenvalue weighted by molar-refractivity contribution is 5.37. The molecule has 2 aliphatic rings. The Morgan fingerprint density at radius 1 is 0.404 bits per heavy atom. The third-order valence-corrected chi connectivity index (χ3v) is 11.2. The maximum atomic E-state index is 15.1. The Balaban J connectivity index is 1.90. The van der Waals surface area contributed by atoms with Crippen molar-refractivity contribution in [1.29, 1.82) is 0 Å². The van der Waals surface area contributed by atoms with Crippen molar-refractivity contribution in [2.24, 2.45) is 17.8 Å². The first-order chi connectivity index (χ1) is 25.6. The van der Waals surface area contributed by atoms with Crippen molar-refractivity contribution in [3.05, 3.63) is 34.4 Å². The standard InChI is InChI=1S/C34H35F23/c1-2-3-4-5-6-7-16-8-10-17(11-9-16)18-12-14-19(15-13-18)20-22(35)24(37)21(25(38)23(20)36)26(39,40)27(41,42)28(43,44)29(45,46)30(47,48)31(49,50)32(51,52)33(53,54)34(55,56)57/h16-19H,2-15H2,1H3/t16-,17-,18-,19-. The molecule has 23 heteroatoms. The second-order valence-corrected chi connectivity index (χ2v) is 14.7. The molecule has 3 rings (SSSR count). The van der Waals surface area contributed by atoms with Crippen molar-refractivity contribution in [3.8, 4) is 0 Å². The van der Waals surface area contributed by atoms with E-state index < -0.39 is 93.9 Å². The molecule has 0 aliphatic heterocycles. The van der Waals surface area contributed by atoms with Crippen LogP contribution in [-0.4, -0.2) is 47.6 Å². The van der Waals surface area contributed by atoms with Crippen LogP contribution >= 0.6 is 0 Å². The van der Waals surface area contributed by atoms with E-state index in [1.807, 2.05) is 0 Å². The minimum absolute atomic E-state index is 0.0936. The summed E-state index contributed by atoms with van der Waals surface area (Å²) in [4.78, 5) is 0. The van der Waals surface area contributed by atoms with Gasteiger partial charge in [-0.3, -0.25) is 0 Å². The van der Waals surface area contributed by atoms with E-state index in [2.05, 4.69) is 6.92 Å². The molecule has 2 fully saturated rings. The van der Waals surface area contributed by atoms with Crippen LogP contribution in [0.4, 0.5) is 101 Å². The fourth-order valence-corrected chi connectivity index (χ4v) is 7.66. The number of unbranched alkanes of at least 4 members (excludes halogenated alkanes) is 4. The average molecular weight is 881 g/mol. The van der Waals surface area contributed by atoms with Crippen molar-refractivity contribution >= 4 is 0 Å². The van der Waals surface area contributed by atoms with E-state index in [4.69, 9.17) is 0 Å². The summed E-state index contributed by atoms with van der Waals surface area (Å²) in [6.07, 6.45) is 1.34. The summed E-state index contributed by atoms with van der Waals surface area (Å²) in [5, 5.41) is 0. The lowest BCUT2D eigenvalue weighted by atomic mass is 9.67. The fraction of sp³-hybridized carbons (Fsp3) is 0.824. The number of benzene rings is 1. The Morgan fingerprint density at radius 2 is 0.754 bits per heavy atom. The van der Waals surface area contributed by atoms with E-state index in [9.17, 15) is 92.2 Å². The molecule has 2 saturated carbocycles. The molecule has 0 atom stereocenters. The van der Waals surface area contributed by atoms with Gasteiger partial charge in [0.1, 0.15) is 5.56 Å². The fourth-order valence-electron chi connectivity index (χ4n) is 7.66. The third kappa shape index (κ3) is 7.88. The summed E-state index contributed by atoms with van der Waals surface area (Å²) >= 11 is 0. The van der Waals surface area contributed by atoms with Gasteiger partial charge in [0.05, 0.1) is 0 Å². The molecular weight excluding hydrogens is 845 g/mol. The molecule has 0 saturated heterocycles. The Bertz CT molecular complexity index is 1500. The molecule has 0 radical (unpaired) electrons. The highest BCUT2D eigenvalue weighted by Crippen LogP contribution is 2.66. The smallest absolute Gasteiger partial charge is 0.203 e. The SMILES string of the molecule is CCCCCCC[C@H]1CC[C@H]([C@H]2CC[C@H](c3c(F)c(F)c(C(F)(F)C(F)(F)C(F)(F)C(F)(F)C(F)(F)C(F)(F)C(F)(F)C(F)(F)C(F)(F)F)c(F)c3F)CC2)CC1. The van der Waals surface area contributed by atoms with Gasteiger partial charge < -0.3 is 0 Å². The summed E-state index contributed by atoms with van der Waals surface area (Å²) in [5.74, 6) is -85.3. The van der Waals surface area contributed by atoms with Crippen LogP contribution in [0, 0.1) is 41.0 Å². The first-order valence-electron chi connectivity index (χ1n) is 17.6. The van der Waals surface area contributed by atoms with E-state index in [-0.39, 0.29) is 37.5 Å². The Kier molecular flexibility index (Phi) is 13.9. The van der Waals surface area contributed by atoms with E-state index in [1.54, 1.807) is 0 Å². The van der Waals surface area contributed by atoms with Gasteiger partial charge in [0.15, 0.2) is 23.3 Å². The number of rotatable bonds is 16. The maximum absolute atomic E-state index is 15.1. The van der Waals surface area contributed by atoms with Crippen LogP contribution in [0.3, 0.4) is 0 Å². The van der Waals surface area contributed by atoms with Gasteiger partial charge in [-0.25, -0.2) is 17.6 Å². The molecule has 0 heterocycles. The van der Waals surface area contributed by atoms with E-state index >= 15 is 8.78 Å². The molecule has 1 aromatic rings.